The Morgan fingerprint density at radius 1 is 1.30 bits per heavy atom. The monoisotopic (exact) mass is 375 g/mol. The number of hydrogen-bond donors (Lipinski definition) is 2. The van der Waals surface area contributed by atoms with Crippen LogP contribution in [0.1, 0.15) is 31.7 Å². The number of nitrogens with zero attached hydrogens (tertiary/aromatic N) is 3. The van der Waals surface area contributed by atoms with Gasteiger partial charge in [-0.25, -0.2) is 9.38 Å². The maximum absolute atomic E-state index is 13.7. The standard InChI is InChI=1S/C20H30FN5O/c1-5-22-20(23-11-8-12-26-16(3)13-15(2)25-26)24-14-17(4)27-19-10-7-6-9-18(19)21/h6-7,9-10,13,17H,5,8,11-12,14H2,1-4H3,(H2,22,23,24). The third-order valence-electron chi connectivity index (χ3n) is 3.96. The molecule has 0 spiro atoms. The van der Waals surface area contributed by atoms with Crippen LogP contribution < -0.4 is 15.4 Å². The Bertz CT molecular complexity index is 744. The van der Waals surface area contributed by atoms with E-state index in [1.165, 1.54) is 11.8 Å². The van der Waals surface area contributed by atoms with Crippen molar-refractivity contribution in [3.05, 3.63) is 47.5 Å². The molecule has 1 heterocycles. The Morgan fingerprint density at radius 3 is 2.74 bits per heavy atom. The van der Waals surface area contributed by atoms with E-state index in [-0.39, 0.29) is 17.7 Å². The van der Waals surface area contributed by atoms with E-state index in [1.807, 2.05) is 25.5 Å². The van der Waals surface area contributed by atoms with Gasteiger partial charge in [0, 0.05) is 25.3 Å². The summed E-state index contributed by atoms with van der Waals surface area (Å²) in [6.07, 6.45) is 0.709. The van der Waals surface area contributed by atoms with E-state index >= 15 is 0 Å². The van der Waals surface area contributed by atoms with Crippen molar-refractivity contribution in [1.29, 1.82) is 0 Å². The van der Waals surface area contributed by atoms with Crippen LogP contribution in [0.2, 0.25) is 0 Å². The van der Waals surface area contributed by atoms with Crippen molar-refractivity contribution in [2.75, 3.05) is 19.6 Å². The van der Waals surface area contributed by atoms with Crippen molar-refractivity contribution in [1.82, 2.24) is 20.4 Å². The van der Waals surface area contributed by atoms with Crippen molar-refractivity contribution in [2.24, 2.45) is 4.99 Å². The molecule has 0 saturated heterocycles. The second-order valence-electron chi connectivity index (χ2n) is 6.51. The summed E-state index contributed by atoms with van der Waals surface area (Å²) in [5.41, 5.74) is 2.21. The Hall–Kier alpha value is -2.57. The third kappa shape index (κ3) is 6.92. The minimum Gasteiger partial charge on any atom is -0.486 e. The molecule has 0 aliphatic heterocycles. The fourth-order valence-electron chi connectivity index (χ4n) is 2.69. The molecule has 0 fully saturated rings. The van der Waals surface area contributed by atoms with Gasteiger partial charge in [-0.15, -0.1) is 0 Å². The lowest BCUT2D eigenvalue weighted by atomic mass is 10.3. The number of rotatable bonds is 9. The van der Waals surface area contributed by atoms with Gasteiger partial charge < -0.3 is 15.4 Å². The first-order chi connectivity index (χ1) is 13.0. The molecule has 1 atom stereocenters. The maximum Gasteiger partial charge on any atom is 0.191 e. The summed E-state index contributed by atoms with van der Waals surface area (Å²) in [6.45, 7) is 10.8. The van der Waals surface area contributed by atoms with E-state index in [9.17, 15) is 4.39 Å². The van der Waals surface area contributed by atoms with Gasteiger partial charge in [0.15, 0.2) is 17.5 Å². The molecule has 6 nitrogen and oxygen atoms in total. The molecule has 1 aromatic heterocycles. The molecule has 0 bridgehead atoms. The minimum absolute atomic E-state index is 0.230. The molecule has 0 radical (unpaired) electrons. The molecular formula is C20H30FN5O. The van der Waals surface area contributed by atoms with Crippen LogP contribution in [0.15, 0.2) is 35.3 Å². The number of guanidine groups is 1. The van der Waals surface area contributed by atoms with Gasteiger partial charge >= 0.3 is 0 Å². The molecular weight excluding hydrogens is 345 g/mol. The van der Waals surface area contributed by atoms with Crippen molar-refractivity contribution >= 4 is 5.96 Å². The second kappa shape index (κ2) is 10.5. The van der Waals surface area contributed by atoms with E-state index in [1.54, 1.807) is 18.2 Å². The van der Waals surface area contributed by atoms with Crippen molar-refractivity contribution < 1.29 is 9.13 Å². The molecule has 7 heteroatoms. The Kier molecular flexibility index (Phi) is 8.10. The summed E-state index contributed by atoms with van der Waals surface area (Å²) in [5, 5.41) is 11.0. The van der Waals surface area contributed by atoms with Crippen LogP contribution in [0.25, 0.3) is 0 Å². The quantitative estimate of drug-likeness (QED) is 0.402. The Balaban J connectivity index is 1.79. The summed E-state index contributed by atoms with van der Waals surface area (Å²) in [7, 11) is 0. The minimum atomic E-state index is -0.359. The fraction of sp³-hybridized carbons (Fsp3) is 0.500. The van der Waals surface area contributed by atoms with Gasteiger partial charge in [-0.2, -0.15) is 5.10 Å². The predicted molar refractivity (Wildman–Crippen MR) is 107 cm³/mol. The number of aromatic nitrogens is 2. The second-order valence-corrected chi connectivity index (χ2v) is 6.51. The summed E-state index contributed by atoms with van der Waals surface area (Å²) in [4.78, 5) is 4.53. The smallest absolute Gasteiger partial charge is 0.191 e. The number of halogens is 1. The summed E-state index contributed by atoms with van der Waals surface area (Å²) < 4.78 is 21.3. The highest BCUT2D eigenvalue weighted by atomic mass is 19.1. The van der Waals surface area contributed by atoms with Gasteiger partial charge in [-0.3, -0.25) is 4.68 Å². The van der Waals surface area contributed by atoms with Crippen LogP contribution in [0.5, 0.6) is 5.75 Å². The first kappa shape index (κ1) is 20.7. The number of hydrogen-bond acceptors (Lipinski definition) is 3. The number of benzene rings is 1. The molecule has 0 aliphatic carbocycles. The number of ether oxygens (including phenoxy) is 1. The fourth-order valence-corrected chi connectivity index (χ4v) is 2.69. The third-order valence-corrected chi connectivity index (χ3v) is 3.96. The highest BCUT2D eigenvalue weighted by Gasteiger charge is 2.08. The van der Waals surface area contributed by atoms with Gasteiger partial charge in [-0.05, 0) is 52.3 Å². The van der Waals surface area contributed by atoms with Gasteiger partial charge in [0.25, 0.3) is 0 Å². The topological polar surface area (TPSA) is 63.5 Å². The molecule has 2 N–H and O–H groups in total. The van der Waals surface area contributed by atoms with Crippen LogP contribution in [0.4, 0.5) is 4.39 Å². The first-order valence-corrected chi connectivity index (χ1v) is 9.44. The zero-order valence-corrected chi connectivity index (χ0v) is 16.6. The average molecular weight is 375 g/mol. The Labute approximate surface area is 160 Å². The van der Waals surface area contributed by atoms with E-state index in [2.05, 4.69) is 33.7 Å². The van der Waals surface area contributed by atoms with Crippen molar-refractivity contribution in [2.45, 2.75) is 46.8 Å². The molecule has 2 rings (SSSR count). The number of nitrogens with one attached hydrogen (secondary N) is 2. The van der Waals surface area contributed by atoms with E-state index in [4.69, 9.17) is 4.74 Å². The lowest BCUT2D eigenvalue weighted by Crippen LogP contribution is -2.38. The molecule has 0 saturated carbocycles. The lowest BCUT2D eigenvalue weighted by Gasteiger charge is -2.15. The van der Waals surface area contributed by atoms with E-state index in [0.717, 1.165) is 37.7 Å². The number of aliphatic imine (C=N–C) groups is 1. The van der Waals surface area contributed by atoms with Crippen LogP contribution >= 0.6 is 0 Å². The van der Waals surface area contributed by atoms with E-state index in [0.29, 0.717) is 6.54 Å². The van der Waals surface area contributed by atoms with Crippen molar-refractivity contribution in [3.63, 3.8) is 0 Å². The first-order valence-electron chi connectivity index (χ1n) is 9.44. The van der Waals surface area contributed by atoms with Crippen LogP contribution in [-0.4, -0.2) is 41.5 Å². The largest absolute Gasteiger partial charge is 0.486 e. The van der Waals surface area contributed by atoms with Gasteiger partial charge in [0.1, 0.15) is 6.10 Å². The SMILES string of the molecule is CCNC(=NCC(C)Oc1ccccc1F)NCCCn1nc(C)cc1C. The molecule has 1 aromatic carbocycles. The van der Waals surface area contributed by atoms with Gasteiger partial charge in [0.2, 0.25) is 0 Å². The summed E-state index contributed by atoms with van der Waals surface area (Å²) in [6, 6.07) is 8.49. The molecule has 27 heavy (non-hydrogen) atoms. The average Bonchev–Trinajstić information content (AvgIpc) is 2.95. The summed E-state index contributed by atoms with van der Waals surface area (Å²) >= 11 is 0. The predicted octanol–water partition coefficient (Wildman–Crippen LogP) is 3.05. The van der Waals surface area contributed by atoms with Crippen LogP contribution in [0.3, 0.4) is 0 Å². The molecule has 1 unspecified atom stereocenters. The molecule has 0 amide bonds. The highest BCUT2D eigenvalue weighted by molar-refractivity contribution is 5.79. The van der Waals surface area contributed by atoms with E-state index < -0.39 is 0 Å². The zero-order valence-electron chi connectivity index (χ0n) is 16.6. The normalized spacial score (nSPS) is 12.7. The summed E-state index contributed by atoms with van der Waals surface area (Å²) in [5.74, 6) is 0.625. The molecule has 2 aromatic rings. The molecule has 0 aliphatic rings. The zero-order chi connectivity index (χ0) is 19.6. The van der Waals surface area contributed by atoms with Gasteiger partial charge in [-0.1, -0.05) is 12.1 Å². The van der Waals surface area contributed by atoms with Crippen LogP contribution in [-0.2, 0) is 6.54 Å². The maximum atomic E-state index is 13.7. The van der Waals surface area contributed by atoms with Crippen molar-refractivity contribution in [3.8, 4) is 5.75 Å². The Morgan fingerprint density at radius 2 is 2.07 bits per heavy atom. The molecule has 148 valence electrons. The van der Waals surface area contributed by atoms with Gasteiger partial charge in [0.05, 0.1) is 12.2 Å². The number of para-hydroxylation sites is 1. The highest BCUT2D eigenvalue weighted by Crippen LogP contribution is 2.16. The lowest BCUT2D eigenvalue weighted by molar-refractivity contribution is 0.220. The van der Waals surface area contributed by atoms with Crippen LogP contribution in [0, 0.1) is 19.7 Å². The number of aryl methyl sites for hydroxylation is 3.